The Bertz CT molecular complexity index is 705. The molecule has 5 nitrogen and oxygen atoms in total. The molecule has 98 valence electrons. The maximum absolute atomic E-state index is 11.9. The van der Waals surface area contributed by atoms with Crippen LogP contribution in [-0.2, 0) is 20.0 Å². The van der Waals surface area contributed by atoms with Gasteiger partial charge in [-0.3, -0.25) is 9.36 Å². The van der Waals surface area contributed by atoms with E-state index in [0.29, 0.717) is 0 Å². The lowest BCUT2D eigenvalue weighted by atomic mass is 10.1. The second-order valence-electron chi connectivity index (χ2n) is 4.71. The molecular formula is C14H14N2O3. The molecule has 1 aromatic heterocycles. The zero-order chi connectivity index (χ0) is 13.4. The van der Waals surface area contributed by atoms with Gasteiger partial charge >= 0.3 is 5.69 Å². The van der Waals surface area contributed by atoms with E-state index in [1.54, 1.807) is 7.05 Å². The summed E-state index contributed by atoms with van der Waals surface area (Å²) in [5.41, 5.74) is 0.517. The summed E-state index contributed by atoms with van der Waals surface area (Å²) in [4.78, 5) is 23.7. The Labute approximate surface area is 109 Å². The van der Waals surface area contributed by atoms with Gasteiger partial charge in [0, 0.05) is 25.7 Å². The highest BCUT2D eigenvalue weighted by Gasteiger charge is 2.23. The molecule has 0 aliphatic carbocycles. The van der Waals surface area contributed by atoms with Gasteiger partial charge in [0.05, 0.1) is 6.54 Å². The summed E-state index contributed by atoms with van der Waals surface area (Å²) >= 11 is 0. The standard InChI is InChI=1S/C14H14N2O3/c1-15-7-6-13(17)16(14(15)18)9-11-8-10-4-2-3-5-12(10)19-11/h2-7,11H,8-9H2,1H3. The predicted octanol–water partition coefficient (Wildman–Crippen LogP) is 0.551. The third kappa shape index (κ3) is 2.07. The summed E-state index contributed by atoms with van der Waals surface area (Å²) in [6.07, 6.45) is 2.04. The summed E-state index contributed by atoms with van der Waals surface area (Å²) in [5.74, 6) is 0.841. The molecule has 0 fully saturated rings. The maximum atomic E-state index is 11.9. The molecule has 0 spiro atoms. The summed E-state index contributed by atoms with van der Waals surface area (Å²) in [7, 11) is 1.63. The number of benzene rings is 1. The van der Waals surface area contributed by atoms with Gasteiger partial charge in [-0.25, -0.2) is 4.79 Å². The second-order valence-corrected chi connectivity index (χ2v) is 4.71. The molecule has 0 saturated heterocycles. The number of nitrogens with zero attached hydrogens (tertiary/aromatic N) is 2. The Morgan fingerprint density at radius 3 is 2.84 bits per heavy atom. The molecule has 5 heteroatoms. The fourth-order valence-corrected chi connectivity index (χ4v) is 2.34. The van der Waals surface area contributed by atoms with Crippen LogP contribution in [0.25, 0.3) is 0 Å². The van der Waals surface area contributed by atoms with Gasteiger partial charge in [0.2, 0.25) is 0 Å². The molecule has 2 heterocycles. The van der Waals surface area contributed by atoms with Gasteiger partial charge in [0.25, 0.3) is 5.56 Å². The summed E-state index contributed by atoms with van der Waals surface area (Å²) in [6.45, 7) is 0.279. The van der Waals surface area contributed by atoms with Gasteiger partial charge in [-0.15, -0.1) is 0 Å². The molecule has 1 unspecified atom stereocenters. The number of hydrogen-bond acceptors (Lipinski definition) is 3. The fraction of sp³-hybridized carbons (Fsp3) is 0.286. The van der Waals surface area contributed by atoms with Crippen LogP contribution in [0.3, 0.4) is 0 Å². The van der Waals surface area contributed by atoms with Crippen LogP contribution in [0, 0.1) is 0 Å². The van der Waals surface area contributed by atoms with E-state index in [2.05, 4.69) is 0 Å². The number of ether oxygens (including phenoxy) is 1. The highest BCUT2D eigenvalue weighted by molar-refractivity contribution is 5.37. The lowest BCUT2D eigenvalue weighted by Crippen LogP contribution is -2.41. The van der Waals surface area contributed by atoms with Gasteiger partial charge in [0.15, 0.2) is 0 Å². The molecule has 1 atom stereocenters. The number of rotatable bonds is 2. The Morgan fingerprint density at radius 2 is 2.05 bits per heavy atom. The number of aromatic nitrogens is 2. The molecule has 1 aliphatic heterocycles. The third-order valence-electron chi connectivity index (χ3n) is 3.34. The quantitative estimate of drug-likeness (QED) is 0.790. The minimum atomic E-state index is -0.313. The number of para-hydroxylation sites is 1. The summed E-state index contributed by atoms with van der Waals surface area (Å²) < 4.78 is 8.36. The molecule has 2 aromatic rings. The van der Waals surface area contributed by atoms with Crippen molar-refractivity contribution in [2.75, 3.05) is 0 Å². The van der Waals surface area contributed by atoms with Crippen LogP contribution < -0.4 is 16.0 Å². The lowest BCUT2D eigenvalue weighted by Gasteiger charge is -2.12. The minimum absolute atomic E-state index is 0.162. The van der Waals surface area contributed by atoms with Crippen molar-refractivity contribution in [1.29, 1.82) is 0 Å². The Balaban J connectivity index is 1.88. The van der Waals surface area contributed by atoms with Crippen molar-refractivity contribution in [2.24, 2.45) is 7.05 Å². The van der Waals surface area contributed by atoms with Crippen molar-refractivity contribution >= 4 is 0 Å². The van der Waals surface area contributed by atoms with Gasteiger partial charge < -0.3 is 9.30 Å². The van der Waals surface area contributed by atoms with E-state index in [-0.39, 0.29) is 23.9 Å². The van der Waals surface area contributed by atoms with Crippen LogP contribution in [0.2, 0.25) is 0 Å². The van der Waals surface area contributed by atoms with E-state index in [9.17, 15) is 9.59 Å². The average molecular weight is 258 g/mol. The number of aryl methyl sites for hydroxylation is 1. The molecule has 0 saturated carbocycles. The molecule has 0 radical (unpaired) electrons. The van der Waals surface area contributed by atoms with Crippen molar-refractivity contribution < 1.29 is 4.74 Å². The first-order chi connectivity index (χ1) is 9.15. The third-order valence-corrected chi connectivity index (χ3v) is 3.34. The summed E-state index contributed by atoms with van der Waals surface area (Å²) in [5, 5.41) is 0. The van der Waals surface area contributed by atoms with Crippen molar-refractivity contribution in [3.8, 4) is 5.75 Å². The topological polar surface area (TPSA) is 53.2 Å². The average Bonchev–Trinajstić information content (AvgIpc) is 2.81. The Hall–Kier alpha value is -2.30. The molecule has 0 amide bonds. The normalized spacial score (nSPS) is 17.0. The van der Waals surface area contributed by atoms with Crippen LogP contribution >= 0.6 is 0 Å². The van der Waals surface area contributed by atoms with Crippen LogP contribution in [0.5, 0.6) is 5.75 Å². The summed E-state index contributed by atoms with van der Waals surface area (Å²) in [6, 6.07) is 9.17. The van der Waals surface area contributed by atoms with Crippen LogP contribution in [0.1, 0.15) is 5.56 Å². The number of hydrogen-bond donors (Lipinski definition) is 0. The first-order valence-corrected chi connectivity index (χ1v) is 6.16. The first-order valence-electron chi connectivity index (χ1n) is 6.16. The molecular weight excluding hydrogens is 244 g/mol. The maximum Gasteiger partial charge on any atom is 0.330 e. The van der Waals surface area contributed by atoms with Crippen molar-refractivity contribution in [1.82, 2.24) is 9.13 Å². The van der Waals surface area contributed by atoms with Crippen LogP contribution in [0.4, 0.5) is 0 Å². The predicted molar refractivity (Wildman–Crippen MR) is 70.5 cm³/mol. The largest absolute Gasteiger partial charge is 0.488 e. The molecule has 3 rings (SSSR count). The highest BCUT2D eigenvalue weighted by Crippen LogP contribution is 2.28. The van der Waals surface area contributed by atoms with Gasteiger partial charge in [-0.1, -0.05) is 18.2 Å². The van der Waals surface area contributed by atoms with E-state index < -0.39 is 0 Å². The van der Waals surface area contributed by atoms with Crippen molar-refractivity contribution in [3.63, 3.8) is 0 Å². The number of fused-ring (bicyclic) bond motifs is 1. The SMILES string of the molecule is Cn1ccc(=O)n(CC2Cc3ccccc3O2)c1=O. The molecule has 1 aliphatic rings. The lowest BCUT2D eigenvalue weighted by molar-refractivity contribution is 0.204. The van der Waals surface area contributed by atoms with Gasteiger partial charge in [0.1, 0.15) is 11.9 Å². The fourth-order valence-electron chi connectivity index (χ4n) is 2.34. The zero-order valence-electron chi connectivity index (χ0n) is 10.6. The monoisotopic (exact) mass is 258 g/mol. The van der Waals surface area contributed by atoms with E-state index >= 15 is 0 Å². The van der Waals surface area contributed by atoms with Crippen molar-refractivity contribution in [2.45, 2.75) is 19.1 Å². The Morgan fingerprint density at radius 1 is 1.26 bits per heavy atom. The first kappa shape index (κ1) is 11.8. The molecule has 1 aromatic carbocycles. The molecule has 19 heavy (non-hydrogen) atoms. The van der Waals surface area contributed by atoms with Gasteiger partial charge in [-0.2, -0.15) is 0 Å². The van der Waals surface area contributed by atoms with E-state index in [1.165, 1.54) is 21.4 Å². The Kier molecular flexibility index (Phi) is 2.74. The van der Waals surface area contributed by atoms with E-state index in [1.807, 2.05) is 24.3 Å². The minimum Gasteiger partial charge on any atom is -0.488 e. The molecule has 0 N–H and O–H groups in total. The highest BCUT2D eigenvalue weighted by atomic mass is 16.5. The smallest absolute Gasteiger partial charge is 0.330 e. The van der Waals surface area contributed by atoms with Crippen molar-refractivity contribution in [3.05, 3.63) is 62.9 Å². The van der Waals surface area contributed by atoms with E-state index in [0.717, 1.165) is 17.7 Å². The van der Waals surface area contributed by atoms with Crippen LogP contribution in [0.15, 0.2) is 46.1 Å². The van der Waals surface area contributed by atoms with Crippen LogP contribution in [-0.4, -0.2) is 15.2 Å². The van der Waals surface area contributed by atoms with E-state index in [4.69, 9.17) is 4.74 Å². The van der Waals surface area contributed by atoms with Gasteiger partial charge in [-0.05, 0) is 11.6 Å². The molecule has 0 bridgehead atoms. The zero-order valence-corrected chi connectivity index (χ0v) is 10.6. The second kappa shape index (κ2) is 4.42.